The number of hydrogen-bond donors (Lipinski definition) is 1. The lowest BCUT2D eigenvalue weighted by molar-refractivity contribution is 0.922. The van der Waals surface area contributed by atoms with E-state index >= 15 is 0 Å². The van der Waals surface area contributed by atoms with Crippen LogP contribution in [0, 0.1) is 0 Å². The molecule has 1 N–H and O–H groups in total. The standard InChI is InChI=1S/C10H11Cl2N/c1-13-7-3-4-8-9(11)5-2-6-10(8)12/h2-6,13H,7H2,1H3. The Morgan fingerprint density at radius 2 is 1.92 bits per heavy atom. The number of benzene rings is 1. The molecule has 0 aromatic heterocycles. The largest absolute Gasteiger partial charge is 0.316 e. The van der Waals surface area contributed by atoms with E-state index in [1.165, 1.54) is 0 Å². The maximum atomic E-state index is 5.95. The highest BCUT2D eigenvalue weighted by molar-refractivity contribution is 6.37. The van der Waals surface area contributed by atoms with Crippen LogP contribution in [0.25, 0.3) is 6.08 Å². The molecular weight excluding hydrogens is 205 g/mol. The Bertz CT molecular complexity index is 288. The summed E-state index contributed by atoms with van der Waals surface area (Å²) in [4.78, 5) is 0. The average molecular weight is 216 g/mol. The second kappa shape index (κ2) is 5.28. The number of likely N-dealkylation sites (N-methyl/N-ethyl adjacent to an activating group) is 1. The van der Waals surface area contributed by atoms with Crippen molar-refractivity contribution in [2.75, 3.05) is 13.6 Å². The Morgan fingerprint density at radius 1 is 1.31 bits per heavy atom. The zero-order valence-corrected chi connectivity index (χ0v) is 8.86. The molecule has 0 atom stereocenters. The van der Waals surface area contributed by atoms with Gasteiger partial charge in [0, 0.05) is 22.2 Å². The van der Waals surface area contributed by atoms with Crippen LogP contribution in [0.4, 0.5) is 0 Å². The van der Waals surface area contributed by atoms with Gasteiger partial charge in [0.05, 0.1) is 0 Å². The van der Waals surface area contributed by atoms with Crippen molar-refractivity contribution in [3.8, 4) is 0 Å². The van der Waals surface area contributed by atoms with Crippen LogP contribution in [-0.2, 0) is 0 Å². The molecule has 0 fully saturated rings. The Kier molecular flexibility index (Phi) is 4.29. The van der Waals surface area contributed by atoms with Crippen molar-refractivity contribution in [1.29, 1.82) is 0 Å². The van der Waals surface area contributed by atoms with Crippen molar-refractivity contribution in [3.05, 3.63) is 39.9 Å². The first-order valence-corrected chi connectivity index (χ1v) is 4.76. The van der Waals surface area contributed by atoms with Crippen LogP contribution in [0.2, 0.25) is 10.0 Å². The van der Waals surface area contributed by atoms with Crippen LogP contribution in [0.5, 0.6) is 0 Å². The highest BCUT2D eigenvalue weighted by Gasteiger charge is 1.99. The first-order chi connectivity index (χ1) is 6.25. The molecule has 0 unspecified atom stereocenters. The summed E-state index contributed by atoms with van der Waals surface area (Å²) >= 11 is 11.9. The predicted octanol–water partition coefficient (Wildman–Crippen LogP) is 3.23. The Morgan fingerprint density at radius 3 is 2.46 bits per heavy atom. The molecule has 0 aliphatic carbocycles. The van der Waals surface area contributed by atoms with Crippen LogP contribution in [0.3, 0.4) is 0 Å². The summed E-state index contributed by atoms with van der Waals surface area (Å²) in [6, 6.07) is 5.49. The van der Waals surface area contributed by atoms with Gasteiger partial charge in [-0.05, 0) is 19.2 Å². The summed E-state index contributed by atoms with van der Waals surface area (Å²) in [6.45, 7) is 0.807. The Labute approximate surface area is 88.4 Å². The minimum absolute atomic E-state index is 0.680. The van der Waals surface area contributed by atoms with Gasteiger partial charge in [-0.2, -0.15) is 0 Å². The van der Waals surface area contributed by atoms with E-state index in [-0.39, 0.29) is 0 Å². The SMILES string of the molecule is CNCC=Cc1c(Cl)cccc1Cl. The molecule has 0 saturated heterocycles. The minimum Gasteiger partial charge on any atom is -0.316 e. The molecule has 0 radical (unpaired) electrons. The van der Waals surface area contributed by atoms with Crippen molar-refractivity contribution in [3.63, 3.8) is 0 Å². The highest BCUT2D eigenvalue weighted by Crippen LogP contribution is 2.25. The van der Waals surface area contributed by atoms with Gasteiger partial charge in [-0.15, -0.1) is 0 Å². The van der Waals surface area contributed by atoms with E-state index < -0.39 is 0 Å². The van der Waals surface area contributed by atoms with Crippen LogP contribution >= 0.6 is 23.2 Å². The average Bonchev–Trinajstić information content (AvgIpc) is 2.10. The van der Waals surface area contributed by atoms with E-state index in [1.807, 2.05) is 37.4 Å². The van der Waals surface area contributed by atoms with Crippen LogP contribution in [0.1, 0.15) is 5.56 Å². The quantitative estimate of drug-likeness (QED) is 0.817. The normalized spacial score (nSPS) is 11.0. The first kappa shape index (κ1) is 10.6. The van der Waals surface area contributed by atoms with E-state index in [0.717, 1.165) is 12.1 Å². The molecule has 70 valence electrons. The number of halogens is 2. The molecule has 1 nitrogen and oxygen atoms in total. The minimum atomic E-state index is 0.680. The third kappa shape index (κ3) is 3.03. The lowest BCUT2D eigenvalue weighted by Gasteiger charge is -2.00. The molecule has 3 heteroatoms. The fourth-order valence-electron chi connectivity index (χ4n) is 0.965. The van der Waals surface area contributed by atoms with Gasteiger partial charge in [0.2, 0.25) is 0 Å². The highest BCUT2D eigenvalue weighted by atomic mass is 35.5. The van der Waals surface area contributed by atoms with E-state index in [0.29, 0.717) is 10.0 Å². The molecule has 0 amide bonds. The summed E-state index contributed by atoms with van der Waals surface area (Å²) in [7, 11) is 1.89. The molecule has 0 heterocycles. The summed E-state index contributed by atoms with van der Waals surface area (Å²) in [5.74, 6) is 0. The molecule has 0 aliphatic heterocycles. The lowest BCUT2D eigenvalue weighted by Crippen LogP contribution is -2.03. The first-order valence-electron chi connectivity index (χ1n) is 4.01. The Hall–Kier alpha value is -0.500. The monoisotopic (exact) mass is 215 g/mol. The molecule has 1 aromatic carbocycles. The van der Waals surface area contributed by atoms with Crippen LogP contribution in [0.15, 0.2) is 24.3 Å². The van der Waals surface area contributed by atoms with E-state index in [2.05, 4.69) is 5.32 Å². The number of hydrogen-bond acceptors (Lipinski definition) is 1. The van der Waals surface area contributed by atoms with Gasteiger partial charge in [0.1, 0.15) is 0 Å². The van der Waals surface area contributed by atoms with Gasteiger partial charge in [-0.1, -0.05) is 41.4 Å². The summed E-state index contributed by atoms with van der Waals surface area (Å²) in [5.41, 5.74) is 0.876. The fraction of sp³-hybridized carbons (Fsp3) is 0.200. The molecule has 13 heavy (non-hydrogen) atoms. The van der Waals surface area contributed by atoms with Gasteiger partial charge in [0.15, 0.2) is 0 Å². The van der Waals surface area contributed by atoms with Gasteiger partial charge >= 0.3 is 0 Å². The van der Waals surface area contributed by atoms with Crippen molar-refractivity contribution in [2.45, 2.75) is 0 Å². The third-order valence-electron chi connectivity index (χ3n) is 1.61. The summed E-state index contributed by atoms with van der Waals surface area (Å²) in [5, 5.41) is 4.36. The van der Waals surface area contributed by atoms with E-state index in [4.69, 9.17) is 23.2 Å². The number of rotatable bonds is 3. The molecule has 0 bridgehead atoms. The van der Waals surface area contributed by atoms with Crippen molar-refractivity contribution >= 4 is 29.3 Å². The maximum Gasteiger partial charge on any atom is 0.0493 e. The zero-order valence-electron chi connectivity index (χ0n) is 7.35. The predicted molar refractivity (Wildman–Crippen MR) is 59.4 cm³/mol. The summed E-state index contributed by atoms with van der Waals surface area (Å²) < 4.78 is 0. The number of nitrogens with one attached hydrogen (secondary N) is 1. The van der Waals surface area contributed by atoms with Crippen LogP contribution in [-0.4, -0.2) is 13.6 Å². The molecule has 1 rings (SSSR count). The molecule has 0 saturated carbocycles. The summed E-state index contributed by atoms with van der Waals surface area (Å²) in [6.07, 6.45) is 3.90. The van der Waals surface area contributed by atoms with Crippen molar-refractivity contribution < 1.29 is 0 Å². The van der Waals surface area contributed by atoms with Gasteiger partial charge in [-0.3, -0.25) is 0 Å². The van der Waals surface area contributed by atoms with Crippen molar-refractivity contribution in [2.24, 2.45) is 0 Å². The van der Waals surface area contributed by atoms with E-state index in [9.17, 15) is 0 Å². The second-order valence-electron chi connectivity index (χ2n) is 2.60. The molecule has 0 aliphatic rings. The zero-order chi connectivity index (χ0) is 9.68. The van der Waals surface area contributed by atoms with E-state index in [1.54, 1.807) is 0 Å². The van der Waals surface area contributed by atoms with Gasteiger partial charge in [0.25, 0.3) is 0 Å². The third-order valence-corrected chi connectivity index (χ3v) is 2.27. The topological polar surface area (TPSA) is 12.0 Å². The molecule has 0 spiro atoms. The lowest BCUT2D eigenvalue weighted by atomic mass is 10.2. The fourth-order valence-corrected chi connectivity index (χ4v) is 1.49. The Balaban J connectivity index is 2.87. The molecule has 1 aromatic rings. The maximum absolute atomic E-state index is 5.95. The second-order valence-corrected chi connectivity index (χ2v) is 3.41. The van der Waals surface area contributed by atoms with Gasteiger partial charge < -0.3 is 5.32 Å². The van der Waals surface area contributed by atoms with Gasteiger partial charge in [-0.25, -0.2) is 0 Å². The van der Waals surface area contributed by atoms with Crippen LogP contribution < -0.4 is 5.32 Å². The molecular formula is C10H11Cl2N. The smallest absolute Gasteiger partial charge is 0.0493 e. The van der Waals surface area contributed by atoms with Crippen molar-refractivity contribution in [1.82, 2.24) is 5.32 Å².